The second-order valence-corrected chi connectivity index (χ2v) is 9.10. The molecule has 1 aromatic heterocycles. The molecule has 2 aromatic carbocycles. The Kier molecular flexibility index (Phi) is 5.57. The molecule has 0 bridgehead atoms. The van der Waals surface area contributed by atoms with Gasteiger partial charge in [-0.25, -0.2) is 4.98 Å². The highest BCUT2D eigenvalue weighted by molar-refractivity contribution is 9.10. The summed E-state index contributed by atoms with van der Waals surface area (Å²) in [6, 6.07) is 13.8. The Morgan fingerprint density at radius 2 is 2.04 bits per heavy atom. The summed E-state index contributed by atoms with van der Waals surface area (Å²) in [6.45, 7) is 5.67. The van der Waals surface area contributed by atoms with Crippen molar-refractivity contribution in [3.8, 4) is 0 Å². The van der Waals surface area contributed by atoms with Gasteiger partial charge in [0.25, 0.3) is 5.91 Å². The van der Waals surface area contributed by atoms with Crippen molar-refractivity contribution in [1.82, 2.24) is 9.88 Å². The zero-order valence-corrected chi connectivity index (χ0v) is 17.6. The average molecular weight is 444 g/mol. The number of halogens is 1. The van der Waals surface area contributed by atoms with E-state index in [9.17, 15) is 4.79 Å². The first kappa shape index (κ1) is 18.6. The second kappa shape index (κ2) is 8.09. The van der Waals surface area contributed by atoms with Gasteiger partial charge in [-0.05, 0) is 77.6 Å². The van der Waals surface area contributed by atoms with Gasteiger partial charge in [0.15, 0.2) is 5.13 Å². The lowest BCUT2D eigenvalue weighted by Crippen LogP contribution is -2.32. The molecule has 0 aliphatic carbocycles. The highest BCUT2D eigenvalue weighted by Crippen LogP contribution is 2.29. The van der Waals surface area contributed by atoms with E-state index in [1.165, 1.54) is 42.8 Å². The summed E-state index contributed by atoms with van der Waals surface area (Å²) in [7, 11) is 0. The van der Waals surface area contributed by atoms with Crippen molar-refractivity contribution >= 4 is 48.5 Å². The van der Waals surface area contributed by atoms with Gasteiger partial charge in [-0.15, -0.1) is 0 Å². The van der Waals surface area contributed by atoms with Crippen molar-refractivity contribution in [2.24, 2.45) is 5.92 Å². The number of nitrogens with zero attached hydrogens (tertiary/aromatic N) is 2. The quantitative estimate of drug-likeness (QED) is 0.575. The lowest BCUT2D eigenvalue weighted by atomic mass is 9.99. The fourth-order valence-electron chi connectivity index (χ4n) is 3.41. The van der Waals surface area contributed by atoms with Gasteiger partial charge >= 0.3 is 0 Å². The van der Waals surface area contributed by atoms with Crippen LogP contribution in [-0.4, -0.2) is 28.9 Å². The van der Waals surface area contributed by atoms with Crippen molar-refractivity contribution in [2.45, 2.75) is 26.3 Å². The molecule has 1 N–H and O–H groups in total. The molecular formula is C21H22BrN3OS. The summed E-state index contributed by atoms with van der Waals surface area (Å²) >= 11 is 4.95. The molecule has 0 unspecified atom stereocenters. The maximum absolute atomic E-state index is 12.5. The molecule has 2 heterocycles. The molecule has 0 spiro atoms. The van der Waals surface area contributed by atoms with Gasteiger partial charge < -0.3 is 0 Å². The monoisotopic (exact) mass is 443 g/mol. The van der Waals surface area contributed by atoms with Crippen LogP contribution in [0.25, 0.3) is 10.2 Å². The van der Waals surface area contributed by atoms with E-state index in [0.717, 1.165) is 27.2 Å². The van der Waals surface area contributed by atoms with E-state index < -0.39 is 0 Å². The molecule has 1 fully saturated rings. The molecule has 1 aliphatic heterocycles. The van der Waals surface area contributed by atoms with Gasteiger partial charge in [0.05, 0.1) is 15.8 Å². The summed E-state index contributed by atoms with van der Waals surface area (Å²) in [6.07, 6.45) is 2.57. The molecule has 3 aromatic rings. The predicted molar refractivity (Wildman–Crippen MR) is 115 cm³/mol. The number of hydrogen-bond acceptors (Lipinski definition) is 4. The first-order chi connectivity index (χ1) is 13.1. The molecule has 1 saturated heterocycles. The minimum Gasteiger partial charge on any atom is -0.299 e. The Labute approximate surface area is 171 Å². The normalized spacial score (nSPS) is 15.9. The molecule has 0 radical (unpaired) electrons. The second-order valence-electron chi connectivity index (χ2n) is 7.21. The van der Waals surface area contributed by atoms with Crippen LogP contribution < -0.4 is 5.32 Å². The van der Waals surface area contributed by atoms with Gasteiger partial charge in [0.1, 0.15) is 0 Å². The van der Waals surface area contributed by atoms with E-state index in [-0.39, 0.29) is 5.91 Å². The van der Waals surface area contributed by atoms with Crippen molar-refractivity contribution < 1.29 is 4.79 Å². The molecule has 6 heteroatoms. The number of likely N-dealkylation sites (tertiary alicyclic amines) is 1. The van der Waals surface area contributed by atoms with Crippen LogP contribution in [0.3, 0.4) is 0 Å². The molecular weight excluding hydrogens is 422 g/mol. The van der Waals surface area contributed by atoms with Crippen molar-refractivity contribution in [3.63, 3.8) is 0 Å². The summed E-state index contributed by atoms with van der Waals surface area (Å²) in [5.41, 5.74) is 2.85. The Morgan fingerprint density at radius 3 is 2.81 bits per heavy atom. The smallest absolute Gasteiger partial charge is 0.258 e. The Bertz CT molecular complexity index is 963. The SMILES string of the molecule is CC1CCN(Cc2ccc3nc(NC(=O)c4ccccc4Br)sc3c2)CC1. The van der Waals surface area contributed by atoms with E-state index >= 15 is 0 Å². The van der Waals surface area contributed by atoms with Gasteiger partial charge in [-0.3, -0.25) is 15.0 Å². The molecule has 1 aliphatic rings. The molecule has 0 atom stereocenters. The number of amides is 1. The number of benzene rings is 2. The highest BCUT2D eigenvalue weighted by Gasteiger charge is 2.16. The number of thiazole rings is 1. The Balaban J connectivity index is 1.48. The number of piperidine rings is 1. The summed E-state index contributed by atoms with van der Waals surface area (Å²) in [5, 5.41) is 3.56. The molecule has 140 valence electrons. The number of fused-ring (bicyclic) bond motifs is 1. The Hall–Kier alpha value is -1.76. The number of nitrogens with one attached hydrogen (secondary N) is 1. The van der Waals surface area contributed by atoms with Gasteiger partial charge in [0.2, 0.25) is 0 Å². The van der Waals surface area contributed by atoms with Crippen LogP contribution in [0.2, 0.25) is 0 Å². The maximum Gasteiger partial charge on any atom is 0.258 e. The fourth-order valence-corrected chi connectivity index (χ4v) is 4.80. The van der Waals surface area contributed by atoms with E-state index in [0.29, 0.717) is 10.7 Å². The van der Waals surface area contributed by atoms with Crippen molar-refractivity contribution in [3.05, 3.63) is 58.1 Å². The van der Waals surface area contributed by atoms with Crippen molar-refractivity contribution in [1.29, 1.82) is 0 Å². The zero-order valence-electron chi connectivity index (χ0n) is 15.2. The van der Waals surface area contributed by atoms with Crippen LogP contribution in [0.4, 0.5) is 5.13 Å². The molecule has 1 amide bonds. The van der Waals surface area contributed by atoms with E-state index in [4.69, 9.17) is 0 Å². The number of carbonyl (C=O) groups is 1. The first-order valence-corrected chi connectivity index (χ1v) is 10.9. The average Bonchev–Trinajstić information content (AvgIpc) is 3.05. The zero-order chi connectivity index (χ0) is 18.8. The van der Waals surface area contributed by atoms with Crippen molar-refractivity contribution in [2.75, 3.05) is 18.4 Å². The lowest BCUT2D eigenvalue weighted by molar-refractivity contribution is 0.102. The first-order valence-electron chi connectivity index (χ1n) is 9.26. The van der Waals surface area contributed by atoms with Crippen LogP contribution in [0, 0.1) is 5.92 Å². The minimum absolute atomic E-state index is 0.149. The third-order valence-electron chi connectivity index (χ3n) is 5.07. The summed E-state index contributed by atoms with van der Waals surface area (Å²) in [4.78, 5) is 19.6. The standard InChI is InChI=1S/C21H22BrN3OS/c1-14-8-10-25(11-9-14)13-15-6-7-18-19(12-15)27-21(23-18)24-20(26)16-4-2-3-5-17(16)22/h2-7,12,14H,8-11,13H2,1H3,(H,23,24,26). The minimum atomic E-state index is -0.149. The van der Waals surface area contributed by atoms with E-state index in [1.807, 2.05) is 18.2 Å². The fraction of sp³-hybridized carbons (Fsp3) is 0.333. The number of hydrogen-bond donors (Lipinski definition) is 1. The lowest BCUT2D eigenvalue weighted by Gasteiger charge is -2.30. The van der Waals surface area contributed by atoms with Gasteiger partial charge in [-0.2, -0.15) is 0 Å². The number of anilines is 1. The van der Waals surface area contributed by atoms with E-state index in [2.05, 4.69) is 56.3 Å². The highest BCUT2D eigenvalue weighted by atomic mass is 79.9. The Morgan fingerprint density at radius 1 is 1.26 bits per heavy atom. The predicted octanol–water partition coefficient (Wildman–Crippen LogP) is 5.54. The number of aromatic nitrogens is 1. The number of carbonyl (C=O) groups excluding carboxylic acids is 1. The number of rotatable bonds is 4. The largest absolute Gasteiger partial charge is 0.299 e. The summed E-state index contributed by atoms with van der Waals surface area (Å²) in [5.74, 6) is 0.699. The molecule has 4 rings (SSSR count). The summed E-state index contributed by atoms with van der Waals surface area (Å²) < 4.78 is 1.89. The van der Waals surface area contributed by atoms with Crippen LogP contribution >= 0.6 is 27.3 Å². The van der Waals surface area contributed by atoms with Crippen LogP contribution in [0.5, 0.6) is 0 Å². The van der Waals surface area contributed by atoms with E-state index in [1.54, 1.807) is 6.07 Å². The van der Waals surface area contributed by atoms with Crippen LogP contribution in [0.15, 0.2) is 46.9 Å². The van der Waals surface area contributed by atoms with Crippen LogP contribution in [-0.2, 0) is 6.54 Å². The van der Waals surface area contributed by atoms with Gasteiger partial charge in [0, 0.05) is 11.0 Å². The van der Waals surface area contributed by atoms with Crippen LogP contribution in [0.1, 0.15) is 35.7 Å². The molecule has 0 saturated carbocycles. The topological polar surface area (TPSA) is 45.2 Å². The molecule has 27 heavy (non-hydrogen) atoms. The molecule has 4 nitrogen and oxygen atoms in total. The third kappa shape index (κ3) is 4.39. The van der Waals surface area contributed by atoms with Gasteiger partial charge in [-0.1, -0.05) is 36.5 Å². The maximum atomic E-state index is 12.5. The third-order valence-corrected chi connectivity index (χ3v) is 6.70.